The smallest absolute Gasteiger partial charge is 0.128 e. The molecule has 0 bridgehead atoms. The summed E-state index contributed by atoms with van der Waals surface area (Å²) in [7, 11) is 0. The molecule has 0 amide bonds. The summed E-state index contributed by atoms with van der Waals surface area (Å²) in [6.45, 7) is 0. The summed E-state index contributed by atoms with van der Waals surface area (Å²) in [5.74, 6) is 0. The molecular formula is C13H8N5. The number of hydrogen-bond donors (Lipinski definition) is 0. The lowest BCUT2D eigenvalue weighted by atomic mass is 10.1. The molecule has 5 nitrogen and oxygen atoms in total. The van der Waals surface area contributed by atoms with Crippen LogP contribution in [-0.4, -0.2) is 25.4 Å². The molecule has 0 aliphatic carbocycles. The van der Waals surface area contributed by atoms with Crippen molar-refractivity contribution < 1.29 is 0 Å². The monoisotopic (exact) mass is 234 g/mol. The normalized spacial score (nSPS) is 10.2. The van der Waals surface area contributed by atoms with Crippen molar-refractivity contribution in [1.29, 1.82) is 0 Å². The number of hydrogen-bond acceptors (Lipinski definition) is 5. The van der Waals surface area contributed by atoms with Crippen LogP contribution in [0, 0.1) is 6.20 Å². The van der Waals surface area contributed by atoms with E-state index in [1.54, 1.807) is 12.4 Å². The predicted molar refractivity (Wildman–Crippen MR) is 65.1 cm³/mol. The summed E-state index contributed by atoms with van der Waals surface area (Å²) in [6.07, 6.45) is 6.25. The van der Waals surface area contributed by atoms with Gasteiger partial charge in [0.25, 0.3) is 0 Å². The minimum atomic E-state index is 0.629. The van der Waals surface area contributed by atoms with Crippen molar-refractivity contribution in [3.05, 3.63) is 55.0 Å². The fourth-order valence-corrected chi connectivity index (χ4v) is 1.61. The standard InChI is InChI=1S/C13H8N5/c1-3-7-14-11(5-1)10-9-16-18-17-13(10)12-6-2-4-8-15-12/h1-8H. The molecule has 1 radical (unpaired) electrons. The van der Waals surface area contributed by atoms with Crippen LogP contribution in [-0.2, 0) is 0 Å². The Morgan fingerprint density at radius 2 is 1.56 bits per heavy atom. The van der Waals surface area contributed by atoms with Gasteiger partial charge in [0, 0.05) is 12.4 Å². The first-order valence-corrected chi connectivity index (χ1v) is 5.39. The number of pyridine rings is 2. The van der Waals surface area contributed by atoms with E-state index in [0.29, 0.717) is 11.3 Å². The van der Waals surface area contributed by atoms with Gasteiger partial charge in [-0.15, -0.1) is 10.2 Å². The van der Waals surface area contributed by atoms with Gasteiger partial charge in [-0.1, -0.05) is 12.1 Å². The lowest BCUT2D eigenvalue weighted by Crippen LogP contribution is -1.97. The topological polar surface area (TPSA) is 64.5 Å². The second-order valence-corrected chi connectivity index (χ2v) is 3.55. The number of rotatable bonds is 2. The van der Waals surface area contributed by atoms with Crippen molar-refractivity contribution in [2.24, 2.45) is 0 Å². The van der Waals surface area contributed by atoms with Crippen LogP contribution >= 0.6 is 0 Å². The van der Waals surface area contributed by atoms with E-state index in [1.807, 2.05) is 36.4 Å². The molecule has 0 spiro atoms. The molecule has 3 rings (SSSR count). The van der Waals surface area contributed by atoms with Gasteiger partial charge in [-0.05, 0) is 29.5 Å². The van der Waals surface area contributed by atoms with Crippen molar-refractivity contribution >= 4 is 0 Å². The van der Waals surface area contributed by atoms with Crippen LogP contribution in [0.25, 0.3) is 22.6 Å². The molecule has 0 aliphatic heterocycles. The maximum Gasteiger partial charge on any atom is 0.128 e. The third-order valence-corrected chi connectivity index (χ3v) is 2.42. The van der Waals surface area contributed by atoms with Crippen LogP contribution in [0.5, 0.6) is 0 Å². The Balaban J connectivity index is 2.18. The van der Waals surface area contributed by atoms with Crippen molar-refractivity contribution in [2.45, 2.75) is 0 Å². The Hall–Kier alpha value is -2.69. The number of nitrogens with zero attached hydrogens (tertiary/aromatic N) is 5. The van der Waals surface area contributed by atoms with E-state index in [4.69, 9.17) is 0 Å². The summed E-state index contributed by atoms with van der Waals surface area (Å²) in [6, 6.07) is 11.2. The van der Waals surface area contributed by atoms with Crippen molar-refractivity contribution in [2.75, 3.05) is 0 Å². The maximum absolute atomic E-state index is 4.27. The molecule has 0 atom stereocenters. The predicted octanol–water partition coefficient (Wildman–Crippen LogP) is 1.80. The fourth-order valence-electron chi connectivity index (χ4n) is 1.61. The number of aromatic nitrogens is 5. The molecule has 0 saturated heterocycles. The van der Waals surface area contributed by atoms with Crippen molar-refractivity contribution in [3.8, 4) is 22.6 Å². The van der Waals surface area contributed by atoms with Crippen molar-refractivity contribution in [3.63, 3.8) is 0 Å². The van der Waals surface area contributed by atoms with Gasteiger partial charge >= 0.3 is 0 Å². The molecule has 0 unspecified atom stereocenters. The van der Waals surface area contributed by atoms with Crippen LogP contribution < -0.4 is 0 Å². The molecule has 3 aromatic rings. The highest BCUT2D eigenvalue weighted by Crippen LogP contribution is 2.25. The molecule has 5 heteroatoms. The highest BCUT2D eigenvalue weighted by molar-refractivity contribution is 5.75. The van der Waals surface area contributed by atoms with Crippen LogP contribution in [0.4, 0.5) is 0 Å². The van der Waals surface area contributed by atoms with E-state index in [0.717, 1.165) is 11.4 Å². The summed E-state index contributed by atoms with van der Waals surface area (Å²) < 4.78 is 0. The Labute approximate surface area is 104 Å². The average molecular weight is 234 g/mol. The minimum absolute atomic E-state index is 0.629. The summed E-state index contributed by atoms with van der Waals surface area (Å²) in [5, 5.41) is 11.3. The van der Waals surface area contributed by atoms with Crippen LogP contribution in [0.3, 0.4) is 0 Å². The Bertz CT molecular complexity index is 581. The van der Waals surface area contributed by atoms with E-state index >= 15 is 0 Å². The van der Waals surface area contributed by atoms with E-state index in [9.17, 15) is 0 Å². The van der Waals surface area contributed by atoms with Gasteiger partial charge in [0.05, 0.1) is 17.0 Å². The first-order valence-electron chi connectivity index (χ1n) is 5.39. The van der Waals surface area contributed by atoms with E-state index in [2.05, 4.69) is 31.6 Å². The summed E-state index contributed by atoms with van der Waals surface area (Å²) >= 11 is 0. The van der Waals surface area contributed by atoms with Crippen LogP contribution in [0.1, 0.15) is 0 Å². The molecular weight excluding hydrogens is 226 g/mol. The quantitative estimate of drug-likeness (QED) is 0.676. The highest BCUT2D eigenvalue weighted by atomic mass is 15.3. The van der Waals surface area contributed by atoms with Gasteiger partial charge in [-0.3, -0.25) is 9.97 Å². The summed E-state index contributed by atoms with van der Waals surface area (Å²) in [4.78, 5) is 8.53. The second-order valence-electron chi connectivity index (χ2n) is 3.55. The van der Waals surface area contributed by atoms with Crippen LogP contribution in [0.15, 0.2) is 48.8 Å². The third-order valence-electron chi connectivity index (χ3n) is 2.42. The molecule has 0 N–H and O–H groups in total. The van der Waals surface area contributed by atoms with E-state index < -0.39 is 0 Å². The van der Waals surface area contributed by atoms with Gasteiger partial charge in [0.2, 0.25) is 0 Å². The Morgan fingerprint density at radius 3 is 2.22 bits per heavy atom. The largest absolute Gasteiger partial charge is 0.256 e. The minimum Gasteiger partial charge on any atom is -0.256 e. The zero-order valence-corrected chi connectivity index (χ0v) is 9.35. The van der Waals surface area contributed by atoms with Gasteiger partial charge in [-0.25, -0.2) is 0 Å². The molecule has 85 valence electrons. The van der Waals surface area contributed by atoms with Gasteiger partial charge in [-0.2, -0.15) is 0 Å². The highest BCUT2D eigenvalue weighted by Gasteiger charge is 2.11. The first kappa shape index (κ1) is 10.5. The first-order chi connectivity index (χ1) is 8.95. The van der Waals surface area contributed by atoms with Gasteiger partial charge in [0.1, 0.15) is 11.9 Å². The molecule has 3 heterocycles. The van der Waals surface area contributed by atoms with E-state index in [-0.39, 0.29) is 0 Å². The Kier molecular flexibility index (Phi) is 2.71. The van der Waals surface area contributed by atoms with E-state index in [1.165, 1.54) is 0 Å². The van der Waals surface area contributed by atoms with Crippen LogP contribution in [0.2, 0.25) is 0 Å². The molecule has 0 aliphatic rings. The summed E-state index contributed by atoms with van der Waals surface area (Å²) in [5.41, 5.74) is 2.80. The average Bonchev–Trinajstić information content (AvgIpc) is 2.49. The van der Waals surface area contributed by atoms with Gasteiger partial charge in [0.15, 0.2) is 0 Å². The molecule has 0 aromatic carbocycles. The Morgan fingerprint density at radius 1 is 0.833 bits per heavy atom. The molecule has 0 saturated carbocycles. The third kappa shape index (κ3) is 1.93. The molecule has 3 aromatic heterocycles. The lowest BCUT2D eigenvalue weighted by molar-refractivity contribution is 0.864. The zero-order chi connectivity index (χ0) is 12.2. The SMILES string of the molecule is [c]1nnnc(-c2ccccn2)c1-c1ccccn1. The second kappa shape index (κ2) is 4.67. The lowest BCUT2D eigenvalue weighted by Gasteiger charge is -2.04. The molecule has 0 fully saturated rings. The maximum atomic E-state index is 4.27. The fraction of sp³-hybridized carbons (Fsp3) is 0. The molecule has 18 heavy (non-hydrogen) atoms. The van der Waals surface area contributed by atoms with Gasteiger partial charge < -0.3 is 0 Å². The zero-order valence-electron chi connectivity index (χ0n) is 9.35. The van der Waals surface area contributed by atoms with Crippen molar-refractivity contribution in [1.82, 2.24) is 25.4 Å².